The number of rotatable bonds is 4. The van der Waals surface area contributed by atoms with Gasteiger partial charge in [0.05, 0.1) is 34.9 Å². The Morgan fingerprint density at radius 3 is 2.73 bits per heavy atom. The van der Waals surface area contributed by atoms with Gasteiger partial charge < -0.3 is 24.9 Å². The molecule has 188 valence electrons. The van der Waals surface area contributed by atoms with Crippen molar-refractivity contribution in [3.05, 3.63) is 60.0 Å². The van der Waals surface area contributed by atoms with E-state index in [0.717, 1.165) is 65.7 Å². The van der Waals surface area contributed by atoms with E-state index in [2.05, 4.69) is 72.9 Å². The van der Waals surface area contributed by atoms with Gasteiger partial charge in [-0.2, -0.15) is 0 Å². The normalized spacial score (nSPS) is 24.8. The summed E-state index contributed by atoms with van der Waals surface area (Å²) in [5.74, 6) is 1.97. The number of ether oxygens (including phenoxy) is 1. The van der Waals surface area contributed by atoms with Crippen molar-refractivity contribution in [3.8, 4) is 28.3 Å². The Labute approximate surface area is 215 Å². The summed E-state index contributed by atoms with van der Waals surface area (Å²) >= 11 is 0. The molecule has 0 saturated carbocycles. The Bertz CT molecular complexity index is 1520. The fourth-order valence-electron chi connectivity index (χ4n) is 6.40. The molecule has 0 amide bonds. The molecular formula is C29H31N7O. The minimum Gasteiger partial charge on any atom is -0.472 e. The number of imidazole rings is 1. The number of nitrogens with zero attached hydrogens (tertiary/aromatic N) is 3. The second-order valence-electron chi connectivity index (χ2n) is 10.7. The lowest BCUT2D eigenvalue weighted by Crippen LogP contribution is -2.40. The Balaban J connectivity index is 1.10. The van der Waals surface area contributed by atoms with Crippen molar-refractivity contribution >= 4 is 16.6 Å². The highest BCUT2D eigenvalue weighted by Gasteiger charge is 2.29. The Kier molecular flexibility index (Phi) is 4.99. The maximum atomic E-state index is 6.27. The van der Waals surface area contributed by atoms with Crippen molar-refractivity contribution in [2.45, 2.75) is 50.7 Å². The highest BCUT2D eigenvalue weighted by molar-refractivity contribution is 6.04. The summed E-state index contributed by atoms with van der Waals surface area (Å²) in [6.45, 7) is 3.47. The van der Waals surface area contributed by atoms with Gasteiger partial charge in [-0.05, 0) is 69.1 Å². The van der Waals surface area contributed by atoms with E-state index >= 15 is 0 Å². The van der Waals surface area contributed by atoms with Gasteiger partial charge in [-0.15, -0.1) is 0 Å². The van der Waals surface area contributed by atoms with Crippen LogP contribution in [0.5, 0.6) is 5.75 Å². The molecule has 4 aromatic rings. The molecule has 2 fully saturated rings. The molecule has 0 bridgehead atoms. The first-order chi connectivity index (χ1) is 18.3. The van der Waals surface area contributed by atoms with Crippen LogP contribution >= 0.6 is 0 Å². The molecule has 8 heteroatoms. The summed E-state index contributed by atoms with van der Waals surface area (Å²) in [7, 11) is 0. The minimum absolute atomic E-state index is 0.173. The highest BCUT2D eigenvalue weighted by Crippen LogP contribution is 2.40. The Morgan fingerprint density at radius 2 is 1.84 bits per heavy atom. The standard InChI is InChI=1S/C29H31N7O/c1-3-21(30-9-1)28-32-14-23(34-28)17-6-8-25-19(11-17)12-26-20-7-5-18(13-27(20)37-16-36(25)26)24-15-33-29(35-24)22-4-2-10-31-22/h5-8,11-14,21-22,29-31,33H,1-4,9-10,15-16H2,(H,32,34). The van der Waals surface area contributed by atoms with Crippen LogP contribution in [0.4, 0.5) is 0 Å². The van der Waals surface area contributed by atoms with E-state index in [4.69, 9.17) is 9.73 Å². The van der Waals surface area contributed by atoms with E-state index < -0.39 is 0 Å². The van der Waals surface area contributed by atoms with Crippen LogP contribution in [0.3, 0.4) is 0 Å². The third kappa shape index (κ3) is 3.62. The average molecular weight is 494 g/mol. The van der Waals surface area contributed by atoms with Gasteiger partial charge in [-0.1, -0.05) is 12.1 Å². The van der Waals surface area contributed by atoms with Crippen LogP contribution in [0.15, 0.2) is 53.7 Å². The molecular weight excluding hydrogens is 462 g/mol. The smallest absolute Gasteiger partial charge is 0.165 e. The van der Waals surface area contributed by atoms with Gasteiger partial charge in [0.25, 0.3) is 0 Å². The predicted octanol–water partition coefficient (Wildman–Crippen LogP) is 3.94. The maximum Gasteiger partial charge on any atom is 0.165 e. The number of aliphatic imine (C=N–C) groups is 1. The molecule has 8 nitrogen and oxygen atoms in total. The Morgan fingerprint density at radius 1 is 0.919 bits per heavy atom. The van der Waals surface area contributed by atoms with E-state index in [1.165, 1.54) is 35.9 Å². The van der Waals surface area contributed by atoms with Crippen molar-refractivity contribution in [3.63, 3.8) is 0 Å². The molecule has 2 saturated heterocycles. The Hall–Kier alpha value is -3.46. The number of fused-ring (bicyclic) bond motifs is 5. The lowest BCUT2D eigenvalue weighted by Gasteiger charge is -2.21. The topological polar surface area (TPSA) is 91.3 Å². The summed E-state index contributed by atoms with van der Waals surface area (Å²) in [5, 5.41) is 11.9. The van der Waals surface area contributed by atoms with Crippen molar-refractivity contribution < 1.29 is 4.74 Å². The molecule has 6 heterocycles. The highest BCUT2D eigenvalue weighted by atomic mass is 16.5. The fourth-order valence-corrected chi connectivity index (χ4v) is 6.40. The lowest BCUT2D eigenvalue weighted by atomic mass is 10.0. The summed E-state index contributed by atoms with van der Waals surface area (Å²) in [5.41, 5.74) is 7.99. The quantitative estimate of drug-likeness (QED) is 0.346. The molecule has 4 aliphatic heterocycles. The maximum absolute atomic E-state index is 6.27. The van der Waals surface area contributed by atoms with Gasteiger partial charge in [0.15, 0.2) is 6.73 Å². The zero-order chi connectivity index (χ0) is 24.3. The zero-order valence-corrected chi connectivity index (χ0v) is 20.8. The molecule has 4 aliphatic rings. The van der Waals surface area contributed by atoms with Crippen molar-refractivity contribution in [1.82, 2.24) is 30.5 Å². The predicted molar refractivity (Wildman–Crippen MR) is 145 cm³/mol. The molecule has 8 rings (SSSR count). The van der Waals surface area contributed by atoms with Gasteiger partial charge in [0.2, 0.25) is 0 Å². The van der Waals surface area contributed by atoms with Crippen LogP contribution in [0.25, 0.3) is 33.4 Å². The second-order valence-corrected chi connectivity index (χ2v) is 10.7. The van der Waals surface area contributed by atoms with Crippen LogP contribution in [0.1, 0.15) is 43.1 Å². The molecule has 2 aromatic carbocycles. The number of aromatic amines is 1. The van der Waals surface area contributed by atoms with E-state index in [-0.39, 0.29) is 6.17 Å². The number of hydrogen-bond donors (Lipinski definition) is 4. The van der Waals surface area contributed by atoms with Crippen LogP contribution in [-0.4, -0.2) is 52.1 Å². The molecule has 3 unspecified atom stereocenters. The second kappa shape index (κ2) is 8.55. The fraction of sp³-hybridized carbons (Fsp3) is 0.379. The van der Waals surface area contributed by atoms with Gasteiger partial charge in [-0.25, -0.2) is 4.98 Å². The molecule has 2 aromatic heterocycles. The third-order valence-corrected chi connectivity index (χ3v) is 8.39. The number of benzene rings is 2. The zero-order valence-electron chi connectivity index (χ0n) is 20.8. The van der Waals surface area contributed by atoms with Crippen LogP contribution in [0.2, 0.25) is 0 Å². The number of hydrogen-bond acceptors (Lipinski definition) is 6. The largest absolute Gasteiger partial charge is 0.472 e. The first-order valence-electron chi connectivity index (χ1n) is 13.5. The number of nitrogens with one attached hydrogen (secondary N) is 4. The van der Waals surface area contributed by atoms with Crippen LogP contribution < -0.4 is 20.7 Å². The van der Waals surface area contributed by atoms with Crippen molar-refractivity contribution in [2.75, 3.05) is 19.6 Å². The first kappa shape index (κ1) is 21.6. The van der Waals surface area contributed by atoms with E-state index in [1.54, 1.807) is 0 Å². The van der Waals surface area contributed by atoms with Crippen molar-refractivity contribution in [1.29, 1.82) is 0 Å². The summed E-state index contributed by atoms with van der Waals surface area (Å²) in [6, 6.07) is 16.2. The van der Waals surface area contributed by atoms with Gasteiger partial charge in [0, 0.05) is 34.7 Å². The van der Waals surface area contributed by atoms with Crippen LogP contribution in [-0.2, 0) is 6.73 Å². The molecule has 0 radical (unpaired) electrons. The van der Waals surface area contributed by atoms with Crippen molar-refractivity contribution in [2.24, 2.45) is 4.99 Å². The molecule has 0 spiro atoms. The summed E-state index contributed by atoms with van der Waals surface area (Å²) in [4.78, 5) is 13.2. The summed E-state index contributed by atoms with van der Waals surface area (Å²) < 4.78 is 8.53. The van der Waals surface area contributed by atoms with E-state index in [9.17, 15) is 0 Å². The third-order valence-electron chi connectivity index (χ3n) is 8.39. The lowest BCUT2D eigenvalue weighted by molar-refractivity contribution is 0.235. The molecule has 3 atom stereocenters. The molecule has 37 heavy (non-hydrogen) atoms. The minimum atomic E-state index is 0.173. The number of H-pyrrole nitrogens is 1. The average Bonchev–Trinajstić information content (AvgIpc) is 3.76. The SMILES string of the molecule is c1cc2c(cc1C1=NC(C3CCCN3)NC1)OCn1c-2cc2cc(-c3cnc(C4CCCN4)[nH]3)ccc21. The number of aromatic nitrogens is 3. The van der Waals surface area contributed by atoms with Crippen LogP contribution in [0, 0.1) is 0 Å². The van der Waals surface area contributed by atoms with E-state index in [1.807, 2.05) is 6.20 Å². The van der Waals surface area contributed by atoms with Gasteiger partial charge in [-0.3, -0.25) is 10.3 Å². The summed E-state index contributed by atoms with van der Waals surface area (Å²) in [6.07, 6.45) is 6.90. The molecule has 4 N–H and O–H groups in total. The molecule has 0 aliphatic carbocycles. The monoisotopic (exact) mass is 493 g/mol. The van der Waals surface area contributed by atoms with E-state index in [0.29, 0.717) is 18.8 Å². The van der Waals surface area contributed by atoms with Gasteiger partial charge in [0.1, 0.15) is 17.7 Å². The van der Waals surface area contributed by atoms with Gasteiger partial charge >= 0.3 is 0 Å². The first-order valence-corrected chi connectivity index (χ1v) is 13.5.